The summed E-state index contributed by atoms with van der Waals surface area (Å²) in [6.45, 7) is 0.811. The molecule has 0 fully saturated rings. The van der Waals surface area contributed by atoms with Gasteiger partial charge in [0, 0.05) is 39.2 Å². The predicted molar refractivity (Wildman–Crippen MR) is 170 cm³/mol. The molecular weight excluding hydrogens is 486 g/mol. The number of benzene rings is 6. The second kappa shape index (κ2) is 8.11. The van der Waals surface area contributed by atoms with Crippen LogP contribution in [0.25, 0.3) is 76.7 Å². The van der Waals surface area contributed by atoms with Crippen molar-refractivity contribution >= 4 is 71.0 Å². The van der Waals surface area contributed by atoms with Gasteiger partial charge in [0.05, 0.1) is 22.1 Å². The molecule has 188 valence electrons. The first-order valence-electron chi connectivity index (χ1n) is 13.9. The first-order chi connectivity index (χ1) is 19.9. The third kappa shape index (κ3) is 2.79. The summed E-state index contributed by atoms with van der Waals surface area (Å²) in [7, 11) is 0. The topological polar surface area (TPSA) is 21.9 Å². The Morgan fingerprint density at radius 3 is 2.05 bits per heavy atom. The van der Waals surface area contributed by atoms with E-state index in [-0.39, 0.29) is 0 Å². The van der Waals surface area contributed by atoms with Crippen molar-refractivity contribution in [2.45, 2.75) is 0 Å². The molecule has 3 nitrogen and oxygen atoms in total. The maximum absolute atomic E-state index is 3.67. The Morgan fingerprint density at radius 2 is 1.23 bits per heavy atom. The van der Waals surface area contributed by atoms with Crippen LogP contribution in [-0.2, 0) is 0 Å². The third-order valence-corrected chi connectivity index (χ3v) is 8.47. The summed E-state index contributed by atoms with van der Waals surface area (Å²) in [4.78, 5) is 0. The molecule has 1 aliphatic rings. The van der Waals surface area contributed by atoms with Gasteiger partial charge in [0.15, 0.2) is 0 Å². The fraction of sp³-hybridized carbons (Fsp3) is 0.0270. The van der Waals surface area contributed by atoms with Crippen LogP contribution in [0.15, 0.2) is 133 Å². The van der Waals surface area contributed by atoms with Crippen molar-refractivity contribution in [1.29, 1.82) is 0 Å². The van der Waals surface area contributed by atoms with Gasteiger partial charge in [-0.1, -0.05) is 103 Å². The fourth-order valence-corrected chi connectivity index (χ4v) is 6.90. The van der Waals surface area contributed by atoms with Crippen molar-refractivity contribution in [3.05, 3.63) is 133 Å². The molecule has 0 aliphatic carbocycles. The highest BCUT2D eigenvalue weighted by molar-refractivity contribution is 6.39. The molecule has 0 bridgehead atoms. The van der Waals surface area contributed by atoms with Crippen LogP contribution in [-0.4, -0.2) is 15.7 Å². The Hall–Kier alpha value is -5.28. The number of hydrogen-bond acceptors (Lipinski definition) is 1. The maximum Gasteiger partial charge on any atom is 0.111 e. The summed E-state index contributed by atoms with van der Waals surface area (Å²) in [5.74, 6) is 1.10. The van der Waals surface area contributed by atoms with E-state index in [4.69, 9.17) is 0 Å². The number of aromatic nitrogens is 2. The fourth-order valence-electron chi connectivity index (χ4n) is 6.90. The molecule has 6 aromatic carbocycles. The molecule has 0 spiro atoms. The highest BCUT2D eigenvalue weighted by Crippen LogP contribution is 2.48. The lowest BCUT2D eigenvalue weighted by atomic mass is 9.97. The summed E-state index contributed by atoms with van der Waals surface area (Å²) in [5, 5.41) is 13.9. The molecule has 0 radical (unpaired) electrons. The van der Waals surface area contributed by atoms with Crippen LogP contribution in [0.3, 0.4) is 0 Å². The highest BCUT2D eigenvalue weighted by atomic mass is 15.1. The van der Waals surface area contributed by atoms with Crippen molar-refractivity contribution < 1.29 is 0 Å². The van der Waals surface area contributed by atoms with Gasteiger partial charge in [0.2, 0.25) is 0 Å². The number of dihydropyridines is 1. The number of para-hydroxylation sites is 2. The minimum atomic E-state index is 0.811. The number of hydrogen-bond donors (Lipinski definition) is 1. The van der Waals surface area contributed by atoms with Gasteiger partial charge in [-0.15, -0.1) is 0 Å². The molecule has 9 rings (SSSR count). The van der Waals surface area contributed by atoms with Crippen molar-refractivity contribution in [2.24, 2.45) is 0 Å². The third-order valence-electron chi connectivity index (χ3n) is 8.47. The predicted octanol–water partition coefficient (Wildman–Crippen LogP) is 9.16. The van der Waals surface area contributed by atoms with Gasteiger partial charge in [0.25, 0.3) is 0 Å². The Balaban J connectivity index is 1.69. The molecule has 8 aromatic rings. The van der Waals surface area contributed by atoms with Crippen LogP contribution in [0.2, 0.25) is 0 Å². The van der Waals surface area contributed by atoms with Crippen LogP contribution in [0.4, 0.5) is 0 Å². The van der Waals surface area contributed by atoms with Crippen LogP contribution < -0.4 is 5.32 Å². The molecule has 0 unspecified atom stereocenters. The molecule has 1 aliphatic heterocycles. The number of allylic oxidation sites excluding steroid dienone is 2. The molecule has 1 N–H and O–H groups in total. The van der Waals surface area contributed by atoms with Crippen molar-refractivity contribution in [3.63, 3.8) is 0 Å². The lowest BCUT2D eigenvalue weighted by Gasteiger charge is -2.17. The first-order valence-corrected chi connectivity index (χ1v) is 13.9. The minimum absolute atomic E-state index is 0.811. The molecule has 2 aromatic heterocycles. The molecule has 0 saturated heterocycles. The zero-order valence-corrected chi connectivity index (χ0v) is 21.8. The van der Waals surface area contributed by atoms with E-state index < -0.39 is 0 Å². The lowest BCUT2D eigenvalue weighted by Crippen LogP contribution is -2.19. The molecule has 0 atom stereocenters. The summed E-state index contributed by atoms with van der Waals surface area (Å²) < 4.78 is 4.93. The van der Waals surface area contributed by atoms with Gasteiger partial charge in [-0.05, 0) is 46.5 Å². The van der Waals surface area contributed by atoms with Crippen LogP contribution in [0, 0.1) is 0 Å². The quantitative estimate of drug-likeness (QED) is 0.246. The zero-order valence-electron chi connectivity index (χ0n) is 21.8. The summed E-state index contributed by atoms with van der Waals surface area (Å²) in [6, 6.07) is 42.0. The Bertz CT molecular complexity index is 2360. The van der Waals surface area contributed by atoms with E-state index in [2.05, 4.69) is 148 Å². The average molecular weight is 512 g/mol. The van der Waals surface area contributed by atoms with E-state index >= 15 is 0 Å². The van der Waals surface area contributed by atoms with Crippen LogP contribution in [0.5, 0.6) is 0 Å². The average Bonchev–Trinajstić information content (AvgIpc) is 3.56. The smallest absolute Gasteiger partial charge is 0.111 e. The molecule has 3 heterocycles. The normalized spacial score (nSPS) is 13.7. The summed E-state index contributed by atoms with van der Waals surface area (Å²) >= 11 is 0. The van der Waals surface area contributed by atoms with Crippen molar-refractivity contribution in [1.82, 2.24) is 14.5 Å². The number of nitrogens with zero attached hydrogens (tertiary/aromatic N) is 2. The highest BCUT2D eigenvalue weighted by Gasteiger charge is 2.25. The molecular formula is C37H25N3. The Labute approximate surface area is 230 Å². The second-order valence-electron chi connectivity index (χ2n) is 10.6. The zero-order chi connectivity index (χ0) is 26.2. The molecule has 40 heavy (non-hydrogen) atoms. The Kier molecular flexibility index (Phi) is 4.39. The van der Waals surface area contributed by atoms with E-state index in [1.165, 1.54) is 70.8 Å². The minimum Gasteiger partial charge on any atom is -0.368 e. The van der Waals surface area contributed by atoms with E-state index in [0.29, 0.717) is 0 Å². The van der Waals surface area contributed by atoms with E-state index in [0.717, 1.165) is 12.4 Å². The molecule has 3 heteroatoms. The largest absolute Gasteiger partial charge is 0.368 e. The van der Waals surface area contributed by atoms with Gasteiger partial charge in [-0.2, -0.15) is 0 Å². The molecule has 0 amide bonds. The van der Waals surface area contributed by atoms with E-state index in [1.807, 2.05) is 0 Å². The van der Waals surface area contributed by atoms with Crippen molar-refractivity contribution in [3.8, 4) is 5.69 Å². The van der Waals surface area contributed by atoms with Gasteiger partial charge in [-0.25, -0.2) is 0 Å². The first kappa shape index (κ1) is 21.6. The number of rotatable bonds is 2. The SMILES string of the molecule is C1=CCNC(n2c3ccccc3c3c4ccccc4c4c(c5c6ccccc6ccc5n4-c4ccccc4)c32)=C1. The second-order valence-corrected chi connectivity index (χ2v) is 10.6. The molecule has 0 saturated carbocycles. The van der Waals surface area contributed by atoms with Crippen molar-refractivity contribution in [2.75, 3.05) is 6.54 Å². The maximum atomic E-state index is 3.67. The summed E-state index contributed by atoms with van der Waals surface area (Å²) in [6.07, 6.45) is 6.52. The van der Waals surface area contributed by atoms with Crippen LogP contribution >= 0.6 is 0 Å². The van der Waals surface area contributed by atoms with Crippen LogP contribution in [0.1, 0.15) is 0 Å². The summed E-state index contributed by atoms with van der Waals surface area (Å²) in [5.41, 5.74) is 6.10. The van der Waals surface area contributed by atoms with Gasteiger partial charge < -0.3 is 9.88 Å². The van der Waals surface area contributed by atoms with E-state index in [9.17, 15) is 0 Å². The standard InChI is InChI=1S/C37H25N3/c1-2-13-25(14-3-1)39-31-22-21-24-12-4-5-15-26(24)34(31)35-36(39)28-17-7-6-16-27(28)33-29-18-8-9-19-30(29)40(37(33)35)32-20-10-11-23-38-32/h1-22,38H,23H2. The lowest BCUT2D eigenvalue weighted by molar-refractivity contribution is 0.923. The monoisotopic (exact) mass is 511 g/mol. The number of nitrogens with one attached hydrogen (secondary N) is 1. The van der Waals surface area contributed by atoms with Gasteiger partial charge in [-0.3, -0.25) is 4.57 Å². The van der Waals surface area contributed by atoms with E-state index in [1.54, 1.807) is 0 Å². The number of fused-ring (bicyclic) bond motifs is 12. The van der Waals surface area contributed by atoms with Gasteiger partial charge >= 0.3 is 0 Å². The van der Waals surface area contributed by atoms with Gasteiger partial charge in [0.1, 0.15) is 5.82 Å². The Morgan fingerprint density at radius 1 is 0.500 bits per heavy atom.